The molecule has 9 heteroatoms. The van der Waals surface area contributed by atoms with Gasteiger partial charge in [0, 0.05) is 18.4 Å². The van der Waals surface area contributed by atoms with Crippen molar-refractivity contribution in [2.24, 2.45) is 0 Å². The number of carbonyl (C=O) groups excluding carboxylic acids is 3. The number of hydrogen-bond donors (Lipinski definition) is 1. The fourth-order valence-corrected chi connectivity index (χ4v) is 3.04. The second kappa shape index (κ2) is 13.3. The van der Waals surface area contributed by atoms with Crippen molar-refractivity contribution in [2.75, 3.05) is 30.0 Å². The summed E-state index contributed by atoms with van der Waals surface area (Å²) < 4.78 is 15.6. The van der Waals surface area contributed by atoms with Crippen LogP contribution >= 0.6 is 0 Å². The Morgan fingerprint density at radius 1 is 1.00 bits per heavy atom. The molecule has 0 bridgehead atoms. The molecular formula is C26H35N3O6. The van der Waals surface area contributed by atoms with Crippen molar-refractivity contribution in [1.82, 2.24) is 4.98 Å². The van der Waals surface area contributed by atoms with Crippen molar-refractivity contribution >= 4 is 29.5 Å². The topological polar surface area (TPSA) is 107 Å². The van der Waals surface area contributed by atoms with Gasteiger partial charge in [0.05, 0.1) is 12.2 Å². The molecule has 0 unspecified atom stereocenters. The number of anilines is 2. The number of hydrogen-bond acceptors (Lipinski definition) is 7. The predicted molar refractivity (Wildman–Crippen MR) is 134 cm³/mol. The molecule has 2 aromatic rings. The van der Waals surface area contributed by atoms with Crippen LogP contribution in [-0.2, 0) is 14.3 Å². The van der Waals surface area contributed by atoms with Crippen molar-refractivity contribution in [2.45, 2.75) is 59.5 Å². The van der Waals surface area contributed by atoms with E-state index in [-0.39, 0.29) is 12.6 Å². The van der Waals surface area contributed by atoms with Crippen LogP contribution in [0.2, 0.25) is 0 Å². The third-order valence-electron chi connectivity index (χ3n) is 4.67. The lowest BCUT2D eigenvalue weighted by molar-refractivity contribution is -0.145. The number of nitrogens with zero attached hydrogens (tertiary/aromatic N) is 2. The van der Waals surface area contributed by atoms with Gasteiger partial charge in [-0.25, -0.2) is 19.4 Å². The number of amides is 2. The predicted octanol–water partition coefficient (Wildman–Crippen LogP) is 5.21. The van der Waals surface area contributed by atoms with Crippen LogP contribution in [0.15, 0.2) is 42.6 Å². The molecule has 0 atom stereocenters. The Bertz CT molecular complexity index is 968. The summed E-state index contributed by atoms with van der Waals surface area (Å²) in [5.41, 5.74) is 0.367. The van der Waals surface area contributed by atoms with E-state index in [1.807, 2.05) is 0 Å². The molecular weight excluding hydrogens is 450 g/mol. The largest absolute Gasteiger partial charge is 0.482 e. The first-order chi connectivity index (χ1) is 16.6. The molecule has 35 heavy (non-hydrogen) atoms. The molecule has 0 saturated heterocycles. The highest BCUT2D eigenvalue weighted by atomic mass is 16.6. The fraction of sp³-hybridized carbons (Fsp3) is 0.462. The quantitative estimate of drug-likeness (QED) is 0.344. The van der Waals surface area contributed by atoms with Gasteiger partial charge in [-0.3, -0.25) is 10.2 Å². The minimum Gasteiger partial charge on any atom is -0.482 e. The average Bonchev–Trinajstić information content (AvgIpc) is 2.80. The van der Waals surface area contributed by atoms with Gasteiger partial charge in [-0.05, 0) is 70.5 Å². The van der Waals surface area contributed by atoms with Gasteiger partial charge in [0.2, 0.25) is 0 Å². The molecule has 9 nitrogen and oxygen atoms in total. The molecule has 2 amide bonds. The lowest BCUT2D eigenvalue weighted by Gasteiger charge is -2.23. The van der Waals surface area contributed by atoms with Crippen LogP contribution in [0.1, 0.15) is 64.2 Å². The van der Waals surface area contributed by atoms with Crippen molar-refractivity contribution in [1.29, 1.82) is 0 Å². The molecule has 2 rings (SSSR count). The third kappa shape index (κ3) is 9.64. The highest BCUT2D eigenvalue weighted by Gasteiger charge is 2.19. The molecule has 1 N–H and O–H groups in total. The van der Waals surface area contributed by atoms with Crippen LogP contribution in [0.3, 0.4) is 0 Å². The summed E-state index contributed by atoms with van der Waals surface area (Å²) in [5.74, 6) is -0.107. The number of ether oxygens (including phenoxy) is 3. The van der Waals surface area contributed by atoms with Crippen LogP contribution in [0.5, 0.6) is 5.75 Å². The van der Waals surface area contributed by atoms with E-state index < -0.39 is 17.5 Å². The summed E-state index contributed by atoms with van der Waals surface area (Å²) in [6.45, 7) is 9.82. The Morgan fingerprint density at radius 2 is 1.71 bits per heavy atom. The highest BCUT2D eigenvalue weighted by Crippen LogP contribution is 2.22. The van der Waals surface area contributed by atoms with Crippen molar-refractivity contribution in [3.63, 3.8) is 0 Å². The summed E-state index contributed by atoms with van der Waals surface area (Å²) >= 11 is 0. The second-order valence-corrected chi connectivity index (χ2v) is 8.81. The number of pyridine rings is 1. The molecule has 0 fully saturated rings. The molecule has 1 heterocycles. The lowest BCUT2D eigenvalue weighted by Crippen LogP contribution is -2.36. The molecule has 190 valence electrons. The zero-order valence-corrected chi connectivity index (χ0v) is 21.1. The standard InChI is InChI=1S/C26H35N3O6/c1-6-8-9-16-29(20-11-13-21(14-12-20)34-18-23(30)33-7-2)25(32)28-22-15-10-19(17-27-22)24(31)35-26(3,4)5/h10-15,17H,6-9,16,18H2,1-5H3,(H,27,28,32). The van der Waals surface area contributed by atoms with Gasteiger partial charge in [-0.2, -0.15) is 0 Å². The third-order valence-corrected chi connectivity index (χ3v) is 4.67. The van der Waals surface area contributed by atoms with E-state index >= 15 is 0 Å². The van der Waals surface area contributed by atoms with Gasteiger partial charge in [-0.15, -0.1) is 0 Å². The van der Waals surface area contributed by atoms with E-state index in [9.17, 15) is 14.4 Å². The number of carbonyl (C=O) groups is 3. The molecule has 0 aliphatic rings. The normalized spacial score (nSPS) is 10.9. The van der Waals surface area contributed by atoms with Crippen molar-refractivity contribution in [3.05, 3.63) is 48.2 Å². The maximum absolute atomic E-state index is 13.1. The maximum atomic E-state index is 13.1. The summed E-state index contributed by atoms with van der Waals surface area (Å²) in [6, 6.07) is 9.68. The minimum absolute atomic E-state index is 0.182. The summed E-state index contributed by atoms with van der Waals surface area (Å²) in [4.78, 5) is 42.5. The van der Waals surface area contributed by atoms with Crippen LogP contribution in [0, 0.1) is 0 Å². The molecule has 1 aromatic heterocycles. The number of rotatable bonds is 11. The lowest BCUT2D eigenvalue weighted by atomic mass is 10.2. The Balaban J connectivity index is 2.08. The smallest absolute Gasteiger partial charge is 0.344 e. The Kier molecular flexibility index (Phi) is 10.5. The van der Waals surface area contributed by atoms with E-state index in [1.165, 1.54) is 6.20 Å². The number of urea groups is 1. The summed E-state index contributed by atoms with van der Waals surface area (Å²) in [7, 11) is 0. The maximum Gasteiger partial charge on any atom is 0.344 e. The van der Waals surface area contributed by atoms with E-state index in [0.29, 0.717) is 36.0 Å². The minimum atomic E-state index is -0.609. The molecule has 0 aliphatic carbocycles. The number of benzene rings is 1. The van der Waals surface area contributed by atoms with Gasteiger partial charge in [0.25, 0.3) is 0 Å². The van der Waals surface area contributed by atoms with Gasteiger partial charge < -0.3 is 14.2 Å². The van der Waals surface area contributed by atoms with E-state index in [1.54, 1.807) is 69.0 Å². The molecule has 0 aliphatic heterocycles. The second-order valence-electron chi connectivity index (χ2n) is 8.81. The Hall–Kier alpha value is -3.62. The summed E-state index contributed by atoms with van der Waals surface area (Å²) in [5, 5.41) is 2.78. The first-order valence-corrected chi connectivity index (χ1v) is 11.8. The average molecular weight is 486 g/mol. The van der Waals surface area contributed by atoms with Crippen molar-refractivity contribution in [3.8, 4) is 5.75 Å². The van der Waals surface area contributed by atoms with Gasteiger partial charge >= 0.3 is 18.0 Å². The van der Waals surface area contributed by atoms with Crippen LogP contribution in [0.25, 0.3) is 0 Å². The monoisotopic (exact) mass is 485 g/mol. The van der Waals surface area contributed by atoms with E-state index in [4.69, 9.17) is 14.2 Å². The number of nitrogens with one attached hydrogen (secondary N) is 1. The van der Waals surface area contributed by atoms with Crippen LogP contribution in [-0.4, -0.2) is 48.3 Å². The number of aromatic nitrogens is 1. The van der Waals surface area contributed by atoms with Gasteiger partial charge in [0.1, 0.15) is 17.2 Å². The number of esters is 2. The SMILES string of the molecule is CCCCCN(C(=O)Nc1ccc(C(=O)OC(C)(C)C)cn1)c1ccc(OCC(=O)OCC)cc1. The van der Waals surface area contributed by atoms with Crippen LogP contribution < -0.4 is 15.0 Å². The summed E-state index contributed by atoms with van der Waals surface area (Å²) in [6.07, 6.45) is 4.20. The van der Waals surface area contributed by atoms with Crippen molar-refractivity contribution < 1.29 is 28.6 Å². The Labute approximate surface area is 206 Å². The highest BCUT2D eigenvalue weighted by molar-refractivity contribution is 6.01. The first kappa shape index (κ1) is 27.6. The molecule has 0 saturated carbocycles. The molecule has 1 aromatic carbocycles. The molecule has 0 spiro atoms. The zero-order chi connectivity index (χ0) is 25.8. The van der Waals surface area contributed by atoms with Gasteiger partial charge in [0.15, 0.2) is 6.61 Å². The first-order valence-electron chi connectivity index (χ1n) is 11.8. The number of unbranched alkanes of at least 4 members (excludes halogenated alkanes) is 2. The van der Waals surface area contributed by atoms with Gasteiger partial charge in [-0.1, -0.05) is 19.8 Å². The Morgan fingerprint density at radius 3 is 2.29 bits per heavy atom. The fourth-order valence-electron chi connectivity index (χ4n) is 3.04. The van der Waals surface area contributed by atoms with E-state index in [2.05, 4.69) is 17.2 Å². The molecule has 0 radical (unpaired) electrons. The van der Waals surface area contributed by atoms with E-state index in [0.717, 1.165) is 19.3 Å². The van der Waals surface area contributed by atoms with Crippen LogP contribution in [0.4, 0.5) is 16.3 Å². The zero-order valence-electron chi connectivity index (χ0n) is 21.1.